The van der Waals surface area contributed by atoms with Gasteiger partial charge in [0, 0.05) is 37.4 Å². The quantitative estimate of drug-likeness (QED) is 0.904. The fourth-order valence-corrected chi connectivity index (χ4v) is 5.66. The second-order valence-electron chi connectivity index (χ2n) is 8.61. The van der Waals surface area contributed by atoms with Crippen LogP contribution < -0.4 is 5.32 Å². The molecule has 4 unspecified atom stereocenters. The van der Waals surface area contributed by atoms with Crippen molar-refractivity contribution in [1.82, 2.24) is 19.5 Å². The third-order valence-corrected chi connectivity index (χ3v) is 7.00. The average molecular weight is 367 g/mol. The van der Waals surface area contributed by atoms with E-state index in [-0.39, 0.29) is 12.0 Å². The van der Waals surface area contributed by atoms with Crippen LogP contribution in [-0.4, -0.2) is 44.5 Å². The molecule has 4 atom stereocenters. The standard InChI is InChI=1S/C21H29N5O/c27-21(18-7-3-5-15-4-1-2-6-17(15)18)25-12-10-16(14-25)23-19-8-9-20-22-11-13-26(20)24-19/h8-9,11,13,15-18H,1-7,10,12,14H2,(H,23,24). The van der Waals surface area contributed by atoms with Crippen molar-refractivity contribution in [3.8, 4) is 0 Å². The largest absolute Gasteiger partial charge is 0.364 e. The van der Waals surface area contributed by atoms with Gasteiger partial charge in [-0.05, 0) is 43.2 Å². The third kappa shape index (κ3) is 3.30. The van der Waals surface area contributed by atoms with Crippen LogP contribution in [0.1, 0.15) is 51.4 Å². The van der Waals surface area contributed by atoms with Crippen molar-refractivity contribution in [2.75, 3.05) is 18.4 Å². The van der Waals surface area contributed by atoms with E-state index in [1.165, 1.54) is 38.5 Å². The number of carbonyl (C=O) groups is 1. The van der Waals surface area contributed by atoms with Gasteiger partial charge in [-0.15, -0.1) is 5.10 Å². The highest BCUT2D eigenvalue weighted by Gasteiger charge is 2.41. The maximum Gasteiger partial charge on any atom is 0.226 e. The molecule has 0 spiro atoms. The van der Waals surface area contributed by atoms with E-state index >= 15 is 0 Å². The molecule has 6 nitrogen and oxygen atoms in total. The molecule has 3 heterocycles. The van der Waals surface area contributed by atoms with Crippen molar-refractivity contribution in [1.29, 1.82) is 0 Å². The third-order valence-electron chi connectivity index (χ3n) is 7.00. The van der Waals surface area contributed by atoms with Crippen molar-refractivity contribution in [3.05, 3.63) is 24.5 Å². The number of fused-ring (bicyclic) bond motifs is 2. The summed E-state index contributed by atoms with van der Waals surface area (Å²) in [6.45, 7) is 1.67. The summed E-state index contributed by atoms with van der Waals surface area (Å²) in [5.41, 5.74) is 0.850. The lowest BCUT2D eigenvalue weighted by Crippen LogP contribution is -2.43. The van der Waals surface area contributed by atoms with Gasteiger partial charge in [-0.25, -0.2) is 9.50 Å². The van der Waals surface area contributed by atoms with E-state index < -0.39 is 0 Å². The molecule has 144 valence electrons. The maximum absolute atomic E-state index is 13.3. The van der Waals surface area contributed by atoms with E-state index in [9.17, 15) is 4.79 Å². The monoisotopic (exact) mass is 367 g/mol. The minimum atomic E-state index is 0.281. The number of rotatable bonds is 3. The number of aromatic nitrogens is 3. The summed E-state index contributed by atoms with van der Waals surface area (Å²) in [7, 11) is 0. The van der Waals surface area contributed by atoms with E-state index in [0.717, 1.165) is 43.3 Å². The Balaban J connectivity index is 1.22. The average Bonchev–Trinajstić information content (AvgIpc) is 3.36. The van der Waals surface area contributed by atoms with E-state index in [1.807, 2.05) is 18.3 Å². The van der Waals surface area contributed by atoms with Crippen molar-refractivity contribution >= 4 is 17.4 Å². The van der Waals surface area contributed by atoms with Crippen LogP contribution in [0.5, 0.6) is 0 Å². The Morgan fingerprint density at radius 2 is 1.96 bits per heavy atom. The number of hydrogen-bond donors (Lipinski definition) is 1. The zero-order valence-electron chi connectivity index (χ0n) is 15.9. The van der Waals surface area contributed by atoms with Crippen LogP contribution in [0.4, 0.5) is 5.82 Å². The number of carbonyl (C=O) groups excluding carboxylic acids is 1. The minimum absolute atomic E-state index is 0.281. The second-order valence-corrected chi connectivity index (χ2v) is 8.61. The summed E-state index contributed by atoms with van der Waals surface area (Å²) in [5.74, 6) is 3.02. The normalized spacial score (nSPS) is 31.0. The Hall–Kier alpha value is -2.11. The number of anilines is 1. The molecule has 2 aliphatic carbocycles. The summed E-state index contributed by atoms with van der Waals surface area (Å²) < 4.78 is 1.78. The van der Waals surface area contributed by atoms with E-state index in [1.54, 1.807) is 10.7 Å². The number of imidazole rings is 1. The predicted molar refractivity (Wildman–Crippen MR) is 104 cm³/mol. The molecule has 0 aromatic carbocycles. The number of hydrogen-bond acceptors (Lipinski definition) is 4. The van der Waals surface area contributed by atoms with Crippen LogP contribution in [0, 0.1) is 17.8 Å². The topological polar surface area (TPSA) is 62.5 Å². The lowest BCUT2D eigenvalue weighted by molar-refractivity contribution is -0.139. The number of amides is 1. The van der Waals surface area contributed by atoms with Gasteiger partial charge in [-0.3, -0.25) is 4.79 Å². The van der Waals surface area contributed by atoms with E-state index in [0.29, 0.717) is 11.8 Å². The Morgan fingerprint density at radius 1 is 1.07 bits per heavy atom. The molecule has 3 aliphatic rings. The summed E-state index contributed by atoms with van der Waals surface area (Å²) in [6.07, 6.45) is 13.6. The van der Waals surface area contributed by atoms with Gasteiger partial charge in [0.15, 0.2) is 5.65 Å². The fourth-order valence-electron chi connectivity index (χ4n) is 5.66. The maximum atomic E-state index is 13.3. The van der Waals surface area contributed by atoms with Crippen molar-refractivity contribution in [2.45, 2.75) is 57.4 Å². The lowest BCUT2D eigenvalue weighted by atomic mass is 9.65. The molecule has 1 N–H and O–H groups in total. The summed E-state index contributed by atoms with van der Waals surface area (Å²) >= 11 is 0. The minimum Gasteiger partial charge on any atom is -0.364 e. The first-order chi connectivity index (χ1) is 13.3. The van der Waals surface area contributed by atoms with Gasteiger partial charge in [0.2, 0.25) is 5.91 Å². The Kier molecular flexibility index (Phi) is 4.50. The molecule has 1 saturated heterocycles. The van der Waals surface area contributed by atoms with Crippen molar-refractivity contribution < 1.29 is 4.79 Å². The molecule has 1 amide bonds. The van der Waals surface area contributed by atoms with Gasteiger partial charge in [0.25, 0.3) is 0 Å². The fraction of sp³-hybridized carbons (Fsp3) is 0.667. The second kappa shape index (κ2) is 7.13. The molecule has 1 aliphatic heterocycles. The number of nitrogens with zero attached hydrogens (tertiary/aromatic N) is 4. The SMILES string of the molecule is O=C(C1CCCC2CCCCC21)N1CCC(Nc2ccc3nccn3n2)C1. The number of likely N-dealkylation sites (tertiary alicyclic amines) is 1. The highest BCUT2D eigenvalue weighted by Crippen LogP contribution is 2.44. The Labute approximate surface area is 160 Å². The Bertz CT molecular complexity index is 816. The van der Waals surface area contributed by atoms with Crippen molar-refractivity contribution in [2.24, 2.45) is 17.8 Å². The smallest absolute Gasteiger partial charge is 0.226 e. The molecule has 3 fully saturated rings. The van der Waals surface area contributed by atoms with Crippen LogP contribution in [-0.2, 0) is 4.79 Å². The van der Waals surface area contributed by atoms with Gasteiger partial charge < -0.3 is 10.2 Å². The predicted octanol–water partition coefficient (Wildman–Crippen LogP) is 3.35. The van der Waals surface area contributed by atoms with Crippen LogP contribution in [0.25, 0.3) is 5.65 Å². The first kappa shape index (κ1) is 17.0. The van der Waals surface area contributed by atoms with Crippen LogP contribution in [0.2, 0.25) is 0 Å². The molecule has 0 bridgehead atoms. The zero-order valence-corrected chi connectivity index (χ0v) is 15.9. The van der Waals surface area contributed by atoms with Gasteiger partial charge in [-0.1, -0.05) is 32.1 Å². The summed E-state index contributed by atoms with van der Waals surface area (Å²) in [4.78, 5) is 19.6. The first-order valence-corrected chi connectivity index (χ1v) is 10.6. The van der Waals surface area contributed by atoms with Crippen LogP contribution >= 0.6 is 0 Å². The first-order valence-electron chi connectivity index (χ1n) is 10.6. The number of nitrogens with one attached hydrogen (secondary N) is 1. The van der Waals surface area contributed by atoms with Crippen LogP contribution in [0.15, 0.2) is 24.5 Å². The molecule has 5 rings (SSSR count). The molecular weight excluding hydrogens is 338 g/mol. The Morgan fingerprint density at radius 3 is 2.93 bits per heavy atom. The molecule has 2 saturated carbocycles. The molecule has 0 radical (unpaired) electrons. The van der Waals surface area contributed by atoms with Crippen LogP contribution in [0.3, 0.4) is 0 Å². The molecule has 27 heavy (non-hydrogen) atoms. The molecular formula is C21H29N5O. The molecule has 6 heteroatoms. The van der Waals surface area contributed by atoms with Gasteiger partial charge in [0.1, 0.15) is 5.82 Å². The van der Waals surface area contributed by atoms with Gasteiger partial charge in [0.05, 0.1) is 0 Å². The van der Waals surface area contributed by atoms with Crippen molar-refractivity contribution in [3.63, 3.8) is 0 Å². The van der Waals surface area contributed by atoms with Gasteiger partial charge in [-0.2, -0.15) is 0 Å². The summed E-state index contributed by atoms with van der Waals surface area (Å²) in [5, 5.41) is 8.07. The zero-order chi connectivity index (χ0) is 18.2. The summed E-state index contributed by atoms with van der Waals surface area (Å²) in [6, 6.07) is 4.23. The molecule has 2 aromatic rings. The molecule has 2 aromatic heterocycles. The van der Waals surface area contributed by atoms with Gasteiger partial charge >= 0.3 is 0 Å². The highest BCUT2D eigenvalue weighted by atomic mass is 16.2. The van der Waals surface area contributed by atoms with E-state index in [2.05, 4.69) is 20.3 Å². The van der Waals surface area contributed by atoms with E-state index in [4.69, 9.17) is 0 Å². The lowest BCUT2D eigenvalue weighted by Gasteiger charge is -2.41. The highest BCUT2D eigenvalue weighted by molar-refractivity contribution is 5.79.